The zero-order chi connectivity index (χ0) is 14.4. The second kappa shape index (κ2) is 6.82. The Hall–Kier alpha value is -2.20. The molecule has 0 bridgehead atoms. The Balaban J connectivity index is 1.93. The van der Waals surface area contributed by atoms with Gasteiger partial charge in [0, 0.05) is 25.0 Å². The van der Waals surface area contributed by atoms with Crippen LogP contribution in [-0.4, -0.2) is 18.1 Å². The van der Waals surface area contributed by atoms with Crippen molar-refractivity contribution in [2.24, 2.45) is 0 Å². The molecule has 4 nitrogen and oxygen atoms in total. The highest BCUT2D eigenvalue weighted by molar-refractivity contribution is 5.89. The van der Waals surface area contributed by atoms with Crippen LogP contribution in [0.4, 0.5) is 0 Å². The highest BCUT2D eigenvalue weighted by atomic mass is 16.5. The zero-order valence-corrected chi connectivity index (χ0v) is 11.7. The fraction of sp³-hybridized carbons (Fsp3) is 0.250. The third kappa shape index (κ3) is 3.65. The van der Waals surface area contributed by atoms with Gasteiger partial charge in [0.1, 0.15) is 0 Å². The number of esters is 1. The Bertz CT molecular complexity index is 552. The van der Waals surface area contributed by atoms with Crippen LogP contribution in [0.5, 0.6) is 0 Å². The number of carbonyl (C=O) groups is 1. The Morgan fingerprint density at radius 3 is 2.45 bits per heavy atom. The summed E-state index contributed by atoms with van der Waals surface area (Å²) >= 11 is 0. The lowest BCUT2D eigenvalue weighted by molar-refractivity contribution is 0.0600. The van der Waals surface area contributed by atoms with Gasteiger partial charge in [-0.15, -0.1) is 0 Å². The summed E-state index contributed by atoms with van der Waals surface area (Å²) < 4.78 is 4.67. The number of benzene rings is 1. The van der Waals surface area contributed by atoms with E-state index in [1.807, 2.05) is 24.3 Å². The number of carbonyl (C=O) groups excluding carboxylic acids is 1. The number of pyridine rings is 1. The van der Waals surface area contributed by atoms with E-state index in [-0.39, 0.29) is 12.0 Å². The molecular weight excluding hydrogens is 252 g/mol. The van der Waals surface area contributed by atoms with Crippen molar-refractivity contribution in [3.8, 4) is 0 Å². The standard InChI is InChI=1S/C16H18N2O2/c1-12(14-7-9-17-10-8-14)18-11-13-3-5-15(6-4-13)16(19)20-2/h3-10,12,18H,11H2,1-2H3/t12-/m0/s1. The Morgan fingerprint density at radius 2 is 1.85 bits per heavy atom. The molecule has 1 aromatic heterocycles. The predicted molar refractivity (Wildman–Crippen MR) is 77.3 cm³/mol. The van der Waals surface area contributed by atoms with Crippen LogP contribution in [0.3, 0.4) is 0 Å². The number of aromatic nitrogens is 1. The van der Waals surface area contributed by atoms with E-state index >= 15 is 0 Å². The van der Waals surface area contributed by atoms with Crippen LogP contribution < -0.4 is 5.32 Å². The summed E-state index contributed by atoms with van der Waals surface area (Å²) in [7, 11) is 1.38. The molecule has 0 spiro atoms. The van der Waals surface area contributed by atoms with Crippen molar-refractivity contribution in [3.05, 3.63) is 65.5 Å². The largest absolute Gasteiger partial charge is 0.465 e. The fourth-order valence-corrected chi connectivity index (χ4v) is 1.92. The number of hydrogen-bond acceptors (Lipinski definition) is 4. The molecule has 0 aliphatic rings. The third-order valence-electron chi connectivity index (χ3n) is 3.19. The minimum absolute atomic E-state index is 0.248. The second-order valence-corrected chi connectivity index (χ2v) is 4.57. The molecule has 0 aliphatic heterocycles. The number of nitrogens with one attached hydrogen (secondary N) is 1. The Kier molecular flexibility index (Phi) is 4.85. The highest BCUT2D eigenvalue weighted by Crippen LogP contribution is 2.12. The van der Waals surface area contributed by atoms with Gasteiger partial charge in [-0.1, -0.05) is 12.1 Å². The first-order valence-corrected chi connectivity index (χ1v) is 6.51. The van der Waals surface area contributed by atoms with Crippen LogP contribution in [0.15, 0.2) is 48.8 Å². The molecule has 1 atom stereocenters. The van der Waals surface area contributed by atoms with Crippen molar-refractivity contribution in [2.75, 3.05) is 7.11 Å². The molecule has 0 aliphatic carbocycles. The summed E-state index contributed by atoms with van der Waals surface area (Å²) in [6.07, 6.45) is 3.58. The van der Waals surface area contributed by atoms with E-state index in [4.69, 9.17) is 0 Å². The molecule has 1 heterocycles. The lowest BCUT2D eigenvalue weighted by Crippen LogP contribution is -2.18. The van der Waals surface area contributed by atoms with Crippen LogP contribution >= 0.6 is 0 Å². The third-order valence-corrected chi connectivity index (χ3v) is 3.19. The summed E-state index contributed by atoms with van der Waals surface area (Å²) in [6.45, 7) is 2.85. The van der Waals surface area contributed by atoms with E-state index < -0.39 is 0 Å². The fourth-order valence-electron chi connectivity index (χ4n) is 1.92. The lowest BCUT2D eigenvalue weighted by atomic mass is 10.1. The van der Waals surface area contributed by atoms with Gasteiger partial charge in [-0.3, -0.25) is 4.98 Å². The van der Waals surface area contributed by atoms with Gasteiger partial charge in [-0.2, -0.15) is 0 Å². The van der Waals surface area contributed by atoms with Gasteiger partial charge in [0.25, 0.3) is 0 Å². The van der Waals surface area contributed by atoms with Gasteiger partial charge in [-0.25, -0.2) is 4.79 Å². The van der Waals surface area contributed by atoms with Crippen LogP contribution in [0.1, 0.15) is 34.5 Å². The van der Waals surface area contributed by atoms with Gasteiger partial charge >= 0.3 is 5.97 Å². The molecule has 1 aromatic carbocycles. The molecule has 2 aromatic rings. The first kappa shape index (κ1) is 14.2. The number of hydrogen-bond donors (Lipinski definition) is 1. The molecule has 0 radical (unpaired) electrons. The molecule has 20 heavy (non-hydrogen) atoms. The number of nitrogens with zero attached hydrogens (tertiary/aromatic N) is 1. The molecule has 104 valence electrons. The van der Waals surface area contributed by atoms with Gasteiger partial charge in [0.2, 0.25) is 0 Å². The summed E-state index contributed by atoms with van der Waals surface area (Å²) in [4.78, 5) is 15.3. The summed E-state index contributed by atoms with van der Waals surface area (Å²) in [5, 5.41) is 3.43. The van der Waals surface area contributed by atoms with E-state index in [0.717, 1.165) is 12.1 Å². The molecule has 0 unspecified atom stereocenters. The average Bonchev–Trinajstić information content (AvgIpc) is 2.53. The SMILES string of the molecule is COC(=O)c1ccc(CN[C@@H](C)c2ccncc2)cc1. The maximum absolute atomic E-state index is 11.3. The molecule has 0 amide bonds. The van der Waals surface area contributed by atoms with Gasteiger partial charge in [0.05, 0.1) is 12.7 Å². The van der Waals surface area contributed by atoms with Crippen molar-refractivity contribution in [3.63, 3.8) is 0 Å². The first-order chi connectivity index (χ1) is 9.70. The smallest absolute Gasteiger partial charge is 0.337 e. The molecule has 0 saturated carbocycles. The van der Waals surface area contributed by atoms with Crippen LogP contribution in [-0.2, 0) is 11.3 Å². The van der Waals surface area contributed by atoms with E-state index in [9.17, 15) is 4.79 Å². The maximum atomic E-state index is 11.3. The normalized spacial score (nSPS) is 11.9. The maximum Gasteiger partial charge on any atom is 0.337 e. The second-order valence-electron chi connectivity index (χ2n) is 4.57. The quantitative estimate of drug-likeness (QED) is 0.849. The molecule has 4 heteroatoms. The summed E-state index contributed by atoms with van der Waals surface area (Å²) in [6, 6.07) is 11.7. The minimum Gasteiger partial charge on any atom is -0.465 e. The van der Waals surface area contributed by atoms with Crippen LogP contribution in [0, 0.1) is 0 Å². The van der Waals surface area contributed by atoms with Crippen LogP contribution in [0.2, 0.25) is 0 Å². The Morgan fingerprint density at radius 1 is 1.20 bits per heavy atom. The Labute approximate surface area is 118 Å². The van der Waals surface area contributed by atoms with Crippen molar-refractivity contribution >= 4 is 5.97 Å². The van der Waals surface area contributed by atoms with E-state index in [0.29, 0.717) is 5.56 Å². The predicted octanol–water partition coefficient (Wildman–Crippen LogP) is 2.72. The summed E-state index contributed by atoms with van der Waals surface area (Å²) in [5.74, 6) is -0.310. The number of methoxy groups -OCH3 is 1. The first-order valence-electron chi connectivity index (χ1n) is 6.51. The average molecular weight is 270 g/mol. The topological polar surface area (TPSA) is 51.2 Å². The van der Waals surface area contributed by atoms with E-state index in [1.165, 1.54) is 12.7 Å². The monoisotopic (exact) mass is 270 g/mol. The van der Waals surface area contributed by atoms with Gasteiger partial charge < -0.3 is 10.1 Å². The number of ether oxygens (including phenoxy) is 1. The van der Waals surface area contributed by atoms with Crippen molar-refractivity contribution in [1.29, 1.82) is 0 Å². The zero-order valence-electron chi connectivity index (χ0n) is 11.7. The van der Waals surface area contributed by atoms with Crippen molar-refractivity contribution < 1.29 is 9.53 Å². The summed E-state index contributed by atoms with van der Waals surface area (Å²) in [5.41, 5.74) is 2.89. The number of rotatable bonds is 5. The van der Waals surface area contributed by atoms with E-state index in [1.54, 1.807) is 24.5 Å². The van der Waals surface area contributed by atoms with Crippen molar-refractivity contribution in [2.45, 2.75) is 19.5 Å². The lowest BCUT2D eigenvalue weighted by Gasteiger charge is -2.14. The molecule has 0 saturated heterocycles. The van der Waals surface area contributed by atoms with Crippen molar-refractivity contribution in [1.82, 2.24) is 10.3 Å². The van der Waals surface area contributed by atoms with Gasteiger partial charge in [-0.05, 0) is 42.3 Å². The highest BCUT2D eigenvalue weighted by Gasteiger charge is 2.06. The van der Waals surface area contributed by atoms with Crippen LogP contribution in [0.25, 0.3) is 0 Å². The van der Waals surface area contributed by atoms with E-state index in [2.05, 4.69) is 22.0 Å². The molecular formula is C16H18N2O2. The minimum atomic E-state index is -0.310. The molecule has 0 fully saturated rings. The molecule has 2 rings (SSSR count). The molecule has 1 N–H and O–H groups in total. The van der Waals surface area contributed by atoms with Gasteiger partial charge in [0.15, 0.2) is 0 Å².